The highest BCUT2D eigenvalue weighted by Gasteiger charge is 2.16. The maximum atomic E-state index is 12.2. The Hall–Kier alpha value is -0.690. The Morgan fingerprint density at radius 2 is 1.07 bits per heavy atom. The molecule has 0 heterocycles. The zero-order valence-electron chi connectivity index (χ0n) is 18.7. The van der Waals surface area contributed by atoms with E-state index in [2.05, 4.69) is 6.92 Å². The number of rotatable bonds is 21. The maximum Gasteiger partial charge on any atom is 0.222 e. The van der Waals surface area contributed by atoms with Crippen LogP contribution in [0.3, 0.4) is 0 Å². The summed E-state index contributed by atoms with van der Waals surface area (Å²) in [6.45, 7) is 2.18. The molecular formula is C23H47NO5. The predicted octanol–water partition coefficient (Wildman–Crippen LogP) is 4.09. The van der Waals surface area contributed by atoms with Gasteiger partial charge in [0.15, 0.2) is 12.6 Å². The Bertz CT molecular complexity index is 363. The lowest BCUT2D eigenvalue weighted by atomic mass is 10.0. The zero-order chi connectivity index (χ0) is 21.7. The van der Waals surface area contributed by atoms with Crippen LogP contribution in [-0.4, -0.2) is 56.9 Å². The fourth-order valence-electron chi connectivity index (χ4n) is 3.59. The van der Waals surface area contributed by atoms with Crippen LogP contribution in [-0.2, 0) is 4.79 Å². The van der Waals surface area contributed by atoms with E-state index in [0.29, 0.717) is 6.42 Å². The molecule has 0 aliphatic heterocycles. The summed E-state index contributed by atoms with van der Waals surface area (Å²) in [4.78, 5) is 13.5. The summed E-state index contributed by atoms with van der Waals surface area (Å²) in [5.74, 6) is -0.159. The van der Waals surface area contributed by atoms with Gasteiger partial charge in [0.25, 0.3) is 0 Å². The average molecular weight is 418 g/mol. The SMILES string of the molecule is CCCCCCCCCCCCCCCCCC(=O)N(CCC(O)O)CC(O)O. The first kappa shape index (κ1) is 28.3. The van der Waals surface area contributed by atoms with Crippen molar-refractivity contribution in [2.45, 2.75) is 129 Å². The van der Waals surface area contributed by atoms with Crippen LogP contribution in [0.25, 0.3) is 0 Å². The van der Waals surface area contributed by atoms with Gasteiger partial charge < -0.3 is 25.3 Å². The molecule has 0 aliphatic rings. The molecule has 0 radical (unpaired) electrons. The van der Waals surface area contributed by atoms with Crippen LogP contribution in [0.15, 0.2) is 0 Å². The predicted molar refractivity (Wildman–Crippen MR) is 117 cm³/mol. The van der Waals surface area contributed by atoms with Crippen LogP contribution in [0.2, 0.25) is 0 Å². The van der Waals surface area contributed by atoms with Gasteiger partial charge >= 0.3 is 0 Å². The van der Waals surface area contributed by atoms with Crippen molar-refractivity contribution in [3.63, 3.8) is 0 Å². The molecule has 0 aromatic heterocycles. The van der Waals surface area contributed by atoms with Crippen molar-refractivity contribution in [3.05, 3.63) is 0 Å². The second-order valence-electron chi connectivity index (χ2n) is 8.29. The van der Waals surface area contributed by atoms with Gasteiger partial charge in [-0.15, -0.1) is 0 Å². The normalized spacial score (nSPS) is 11.6. The van der Waals surface area contributed by atoms with Crippen LogP contribution < -0.4 is 0 Å². The first-order valence-corrected chi connectivity index (χ1v) is 12.0. The van der Waals surface area contributed by atoms with Crippen LogP contribution in [0, 0.1) is 0 Å². The van der Waals surface area contributed by atoms with Gasteiger partial charge in [0.05, 0.1) is 6.54 Å². The lowest BCUT2D eigenvalue weighted by Gasteiger charge is -2.24. The molecule has 0 bridgehead atoms. The van der Waals surface area contributed by atoms with E-state index in [-0.39, 0.29) is 25.4 Å². The number of carbonyl (C=O) groups is 1. The summed E-state index contributed by atoms with van der Waals surface area (Å²) >= 11 is 0. The monoisotopic (exact) mass is 417 g/mol. The molecule has 0 saturated heterocycles. The average Bonchev–Trinajstić information content (AvgIpc) is 2.67. The second kappa shape index (κ2) is 20.6. The van der Waals surface area contributed by atoms with Crippen molar-refractivity contribution in [2.24, 2.45) is 0 Å². The molecule has 0 rings (SSSR count). The Balaban J connectivity index is 3.52. The van der Waals surface area contributed by atoms with Gasteiger partial charge in [0.2, 0.25) is 5.91 Å². The molecule has 0 saturated carbocycles. The minimum absolute atomic E-state index is 0.0112. The van der Waals surface area contributed by atoms with E-state index in [1.807, 2.05) is 0 Å². The number of aliphatic hydroxyl groups is 4. The van der Waals surface area contributed by atoms with Gasteiger partial charge in [-0.2, -0.15) is 0 Å². The standard InChI is InChI=1S/C23H47NO5/c1-2-3-4-5-6-7-8-9-10-11-12-13-14-15-16-17-21(25)24(20-23(28)29)19-18-22(26)27/h22-23,26-29H,2-20H2,1H3. The highest BCUT2D eigenvalue weighted by molar-refractivity contribution is 5.76. The Labute approximate surface area is 178 Å². The topological polar surface area (TPSA) is 101 Å². The molecule has 0 fully saturated rings. The number of unbranched alkanes of at least 4 members (excludes halogenated alkanes) is 14. The van der Waals surface area contributed by atoms with Gasteiger partial charge in [-0.05, 0) is 6.42 Å². The lowest BCUT2D eigenvalue weighted by Crippen LogP contribution is -2.39. The van der Waals surface area contributed by atoms with Crippen molar-refractivity contribution < 1.29 is 25.2 Å². The molecule has 6 nitrogen and oxygen atoms in total. The quantitative estimate of drug-likeness (QED) is 0.166. The van der Waals surface area contributed by atoms with Crippen LogP contribution in [0.4, 0.5) is 0 Å². The van der Waals surface area contributed by atoms with Crippen molar-refractivity contribution in [1.82, 2.24) is 4.90 Å². The zero-order valence-corrected chi connectivity index (χ0v) is 18.7. The summed E-state index contributed by atoms with van der Waals surface area (Å²) in [6, 6.07) is 0. The van der Waals surface area contributed by atoms with Crippen molar-refractivity contribution in [1.29, 1.82) is 0 Å². The minimum atomic E-state index is -1.60. The minimum Gasteiger partial charge on any atom is -0.368 e. The van der Waals surface area contributed by atoms with Crippen LogP contribution in [0.5, 0.6) is 0 Å². The highest BCUT2D eigenvalue weighted by atomic mass is 16.5. The third-order valence-electron chi connectivity index (χ3n) is 5.39. The Morgan fingerprint density at radius 1 is 0.655 bits per heavy atom. The van der Waals surface area contributed by atoms with E-state index in [9.17, 15) is 4.79 Å². The van der Waals surface area contributed by atoms with Gasteiger partial charge in [0.1, 0.15) is 0 Å². The summed E-state index contributed by atoms with van der Waals surface area (Å²) in [5.41, 5.74) is 0. The largest absolute Gasteiger partial charge is 0.368 e. The summed E-state index contributed by atoms with van der Waals surface area (Å²) in [5, 5.41) is 36.0. The van der Waals surface area contributed by atoms with Crippen LogP contribution >= 0.6 is 0 Å². The second-order valence-corrected chi connectivity index (χ2v) is 8.29. The van der Waals surface area contributed by atoms with E-state index < -0.39 is 12.6 Å². The first-order chi connectivity index (χ1) is 14.0. The van der Waals surface area contributed by atoms with Gasteiger partial charge in [-0.3, -0.25) is 4.79 Å². The molecule has 4 N–H and O–H groups in total. The van der Waals surface area contributed by atoms with Crippen LogP contribution in [0.1, 0.15) is 116 Å². The third-order valence-corrected chi connectivity index (χ3v) is 5.39. The molecule has 0 aromatic rings. The van der Waals surface area contributed by atoms with E-state index in [1.165, 1.54) is 81.9 Å². The van der Waals surface area contributed by atoms with Crippen molar-refractivity contribution in [3.8, 4) is 0 Å². The summed E-state index contributed by atoms with van der Waals surface area (Å²) < 4.78 is 0. The Kier molecular flexibility index (Phi) is 20.1. The molecule has 0 aliphatic carbocycles. The number of aliphatic hydroxyl groups excluding tert-OH is 2. The third kappa shape index (κ3) is 20.4. The van der Waals surface area contributed by atoms with Crippen molar-refractivity contribution >= 4 is 5.91 Å². The number of amides is 1. The summed E-state index contributed by atoms with van der Waals surface area (Å²) in [7, 11) is 0. The molecule has 6 heteroatoms. The first-order valence-electron chi connectivity index (χ1n) is 12.0. The molecular weight excluding hydrogens is 370 g/mol. The van der Waals surface area contributed by atoms with E-state index in [1.54, 1.807) is 0 Å². The van der Waals surface area contributed by atoms with Gasteiger partial charge in [0, 0.05) is 19.4 Å². The van der Waals surface area contributed by atoms with E-state index in [0.717, 1.165) is 19.3 Å². The van der Waals surface area contributed by atoms with E-state index in [4.69, 9.17) is 20.4 Å². The molecule has 0 aromatic carbocycles. The lowest BCUT2D eigenvalue weighted by molar-refractivity contribution is -0.139. The van der Waals surface area contributed by atoms with Gasteiger partial charge in [-0.1, -0.05) is 96.8 Å². The molecule has 174 valence electrons. The number of nitrogens with zero attached hydrogens (tertiary/aromatic N) is 1. The maximum absolute atomic E-state index is 12.2. The molecule has 1 amide bonds. The van der Waals surface area contributed by atoms with Crippen molar-refractivity contribution in [2.75, 3.05) is 13.1 Å². The molecule has 0 spiro atoms. The smallest absolute Gasteiger partial charge is 0.222 e. The number of hydrogen-bond donors (Lipinski definition) is 4. The number of hydrogen-bond acceptors (Lipinski definition) is 5. The fourth-order valence-corrected chi connectivity index (χ4v) is 3.59. The highest BCUT2D eigenvalue weighted by Crippen LogP contribution is 2.14. The fraction of sp³-hybridized carbons (Fsp3) is 0.957. The summed E-state index contributed by atoms with van der Waals surface area (Å²) in [6.07, 6.45) is 16.3. The molecule has 29 heavy (non-hydrogen) atoms. The molecule has 0 unspecified atom stereocenters. The van der Waals surface area contributed by atoms with Gasteiger partial charge in [-0.25, -0.2) is 0 Å². The number of carbonyl (C=O) groups excluding carboxylic acids is 1. The Morgan fingerprint density at radius 3 is 1.45 bits per heavy atom. The molecule has 0 atom stereocenters. The van der Waals surface area contributed by atoms with E-state index >= 15 is 0 Å².